The summed E-state index contributed by atoms with van der Waals surface area (Å²) in [5.41, 5.74) is 14.0. The van der Waals surface area contributed by atoms with Crippen molar-refractivity contribution in [1.29, 1.82) is 0 Å². The Morgan fingerprint density at radius 3 is 1.63 bits per heavy atom. The van der Waals surface area contributed by atoms with E-state index in [0.29, 0.717) is 0 Å². The molecule has 352 valence electrons. The van der Waals surface area contributed by atoms with Gasteiger partial charge in [0.05, 0.1) is 22.1 Å². The Kier molecular flexibility index (Phi) is 10.1. The minimum absolute atomic E-state index is 0.633. The molecule has 0 bridgehead atoms. The summed E-state index contributed by atoms with van der Waals surface area (Å²) < 4.78 is 2.40. The molecule has 0 fully saturated rings. The summed E-state index contributed by atoms with van der Waals surface area (Å²) >= 11 is 1.90. The van der Waals surface area contributed by atoms with Crippen LogP contribution in [0.4, 0.5) is 17.1 Å². The van der Waals surface area contributed by atoms with Crippen molar-refractivity contribution in [3.63, 3.8) is 0 Å². The molecule has 0 atom stereocenters. The molecule has 13 aromatic rings. The van der Waals surface area contributed by atoms with Gasteiger partial charge < -0.3 is 9.47 Å². The van der Waals surface area contributed by atoms with Gasteiger partial charge in [-0.1, -0.05) is 236 Å². The van der Waals surface area contributed by atoms with E-state index >= 15 is 0 Å². The lowest BCUT2D eigenvalue weighted by Crippen LogP contribution is -2.79. The predicted octanol–water partition coefficient (Wildman–Crippen LogP) is 15.6. The van der Waals surface area contributed by atoms with Crippen molar-refractivity contribution in [3.05, 3.63) is 313 Å². The lowest BCUT2D eigenvalue weighted by atomic mass is 9.64. The number of fused-ring (bicyclic) bond motifs is 12. The van der Waals surface area contributed by atoms with Crippen LogP contribution in [0.15, 0.2) is 301 Å². The number of nitrogens with zero attached hydrogens (tertiary/aromatic N) is 2. The van der Waals surface area contributed by atoms with Gasteiger partial charge in [-0.2, -0.15) is 0 Å². The van der Waals surface area contributed by atoms with Gasteiger partial charge in [-0.15, -0.1) is 0 Å². The molecule has 15 rings (SSSR count). The maximum Gasteiger partial charge on any atom is 0.180 e. The molecule has 0 saturated heterocycles. The van der Waals surface area contributed by atoms with Crippen LogP contribution in [0.2, 0.25) is 0 Å². The molecule has 1 spiro atoms. The highest BCUT2D eigenvalue weighted by atomic mass is 32.2. The third-order valence-electron chi connectivity index (χ3n) is 16.2. The second kappa shape index (κ2) is 17.4. The number of rotatable bonds is 7. The van der Waals surface area contributed by atoms with Gasteiger partial charge in [0.15, 0.2) is 8.07 Å². The molecule has 0 radical (unpaired) electrons. The molecule has 0 unspecified atom stereocenters. The Labute approximate surface area is 442 Å². The summed E-state index contributed by atoms with van der Waals surface area (Å²) in [6.45, 7) is 0. The lowest BCUT2D eigenvalue weighted by Gasteiger charge is -2.51. The third kappa shape index (κ3) is 6.40. The highest BCUT2D eigenvalue weighted by Gasteiger charge is 2.57. The molecule has 75 heavy (non-hydrogen) atoms. The summed E-state index contributed by atoms with van der Waals surface area (Å²) in [7, 11) is -2.90. The summed E-state index contributed by atoms with van der Waals surface area (Å²) in [5, 5.41) is 10.6. The highest BCUT2D eigenvalue weighted by Crippen LogP contribution is 2.58. The fraction of sp³-hybridized carbons (Fsp3) is 0.0141. The van der Waals surface area contributed by atoms with Gasteiger partial charge in [0.2, 0.25) is 0 Å². The van der Waals surface area contributed by atoms with Crippen LogP contribution in [-0.2, 0) is 5.41 Å². The number of hydrogen-bond acceptors (Lipinski definition) is 2. The Morgan fingerprint density at radius 2 is 0.907 bits per heavy atom. The minimum Gasteiger partial charge on any atom is -0.310 e. The van der Waals surface area contributed by atoms with Gasteiger partial charge in [0.25, 0.3) is 0 Å². The molecular formula is C71H48N2SSi. The normalized spacial score (nSPS) is 13.8. The predicted molar refractivity (Wildman–Crippen MR) is 318 cm³/mol. The highest BCUT2D eigenvalue weighted by molar-refractivity contribution is 7.99. The first-order valence-corrected chi connectivity index (χ1v) is 28.7. The van der Waals surface area contributed by atoms with Crippen molar-refractivity contribution in [1.82, 2.24) is 4.57 Å². The van der Waals surface area contributed by atoms with Crippen LogP contribution in [0.25, 0.3) is 49.4 Å². The average molecular weight is 989 g/mol. The molecule has 0 amide bonds. The summed E-state index contributed by atoms with van der Waals surface area (Å²) in [6, 6.07) is 109. The molecule has 1 aromatic heterocycles. The molecule has 0 saturated carbocycles. The summed E-state index contributed by atoms with van der Waals surface area (Å²) in [4.78, 5) is 5.06. The van der Waals surface area contributed by atoms with Crippen LogP contribution in [0.1, 0.15) is 22.3 Å². The van der Waals surface area contributed by atoms with E-state index in [1.165, 1.54) is 96.5 Å². The van der Waals surface area contributed by atoms with Crippen molar-refractivity contribution >= 4 is 90.2 Å². The van der Waals surface area contributed by atoms with Crippen molar-refractivity contribution < 1.29 is 0 Å². The first-order chi connectivity index (χ1) is 37.2. The number of benzene rings is 12. The van der Waals surface area contributed by atoms with Gasteiger partial charge in [-0.3, -0.25) is 0 Å². The Bertz CT molecular complexity index is 4240. The molecule has 2 nitrogen and oxygen atoms in total. The quantitative estimate of drug-likeness (QED) is 0.147. The van der Waals surface area contributed by atoms with Gasteiger partial charge in [0, 0.05) is 43.0 Å². The topological polar surface area (TPSA) is 8.17 Å². The lowest BCUT2D eigenvalue weighted by molar-refractivity contribution is 0.707. The van der Waals surface area contributed by atoms with E-state index in [4.69, 9.17) is 0 Å². The second-order valence-corrected chi connectivity index (χ2v) is 24.7. The van der Waals surface area contributed by atoms with Gasteiger partial charge in [-0.05, 0) is 126 Å². The zero-order valence-electron chi connectivity index (χ0n) is 41.0. The number of para-hydroxylation sites is 2. The summed E-state index contributed by atoms with van der Waals surface area (Å²) in [5.74, 6) is 0. The molecule has 2 aliphatic heterocycles. The molecule has 2 aliphatic rings. The SMILES string of the molecule is c1ccc(-n2c3ccccc3c3c(-c4ccc(N(c5ccc6c(c5)C5(c7ccccc7S6)c6ccccc6[Si](c6ccccc6)(c6ccccc6)c6ccccc65)c5cccc6ccccc56)cc4)cccc32)cc1. The zero-order valence-corrected chi connectivity index (χ0v) is 42.8. The fourth-order valence-corrected chi connectivity index (χ4v) is 19.7. The Morgan fingerprint density at radius 1 is 0.373 bits per heavy atom. The monoisotopic (exact) mass is 988 g/mol. The van der Waals surface area contributed by atoms with E-state index < -0.39 is 13.5 Å². The third-order valence-corrected chi connectivity index (χ3v) is 22.2. The maximum absolute atomic E-state index is 2.90. The van der Waals surface area contributed by atoms with Crippen LogP contribution < -0.4 is 25.6 Å². The van der Waals surface area contributed by atoms with E-state index in [0.717, 1.165) is 22.7 Å². The molecule has 12 aromatic carbocycles. The van der Waals surface area contributed by atoms with Crippen molar-refractivity contribution in [2.45, 2.75) is 15.2 Å². The summed E-state index contributed by atoms with van der Waals surface area (Å²) in [6.07, 6.45) is 0. The number of anilines is 3. The van der Waals surface area contributed by atoms with Gasteiger partial charge >= 0.3 is 0 Å². The second-order valence-electron chi connectivity index (χ2n) is 19.9. The minimum atomic E-state index is -2.90. The molecule has 4 heteroatoms. The smallest absolute Gasteiger partial charge is 0.180 e. The van der Waals surface area contributed by atoms with Gasteiger partial charge in [-0.25, -0.2) is 0 Å². The van der Waals surface area contributed by atoms with E-state index in [2.05, 4.69) is 301 Å². The van der Waals surface area contributed by atoms with Crippen molar-refractivity contribution in [2.24, 2.45) is 0 Å². The average Bonchev–Trinajstić information content (AvgIpc) is 4.03. The van der Waals surface area contributed by atoms with Crippen LogP contribution in [0.5, 0.6) is 0 Å². The first kappa shape index (κ1) is 43.6. The maximum atomic E-state index is 2.54. The van der Waals surface area contributed by atoms with Crippen LogP contribution in [-0.4, -0.2) is 12.6 Å². The molecule has 0 N–H and O–H groups in total. The first-order valence-electron chi connectivity index (χ1n) is 25.9. The van der Waals surface area contributed by atoms with E-state index in [1.807, 2.05) is 11.8 Å². The molecule has 0 aliphatic carbocycles. The fourth-order valence-electron chi connectivity index (χ4n) is 13.2. The van der Waals surface area contributed by atoms with E-state index in [-0.39, 0.29) is 0 Å². The van der Waals surface area contributed by atoms with Gasteiger partial charge in [0.1, 0.15) is 0 Å². The van der Waals surface area contributed by atoms with E-state index in [9.17, 15) is 0 Å². The number of hydrogen-bond donors (Lipinski definition) is 0. The Balaban J connectivity index is 0.971. The molecule has 3 heterocycles. The Hall–Kier alpha value is -8.93. The molecular weight excluding hydrogens is 941 g/mol. The van der Waals surface area contributed by atoms with Crippen LogP contribution in [0, 0.1) is 0 Å². The zero-order chi connectivity index (χ0) is 49.5. The largest absolute Gasteiger partial charge is 0.310 e. The van der Waals surface area contributed by atoms with E-state index in [1.54, 1.807) is 0 Å². The van der Waals surface area contributed by atoms with Crippen LogP contribution in [0.3, 0.4) is 0 Å². The van der Waals surface area contributed by atoms with Crippen molar-refractivity contribution in [2.75, 3.05) is 4.90 Å². The van der Waals surface area contributed by atoms with Crippen LogP contribution >= 0.6 is 11.8 Å². The standard InChI is InChI=1S/C71H48N2SSi/c1-4-24-51(25-5-1)73-64-36-16-12-31-58(64)70-57(32-21-38-65(70)73)50-42-44-52(45-43-50)72(63-37-20-23-49-22-10-11-30-56(49)63)53-46-47-67-62(48-53)71(59-33-13-17-39-66(59)74-67)60-34-14-18-40-68(60)75(54-26-6-2-7-27-54,55-28-8-3-9-29-55)69-41-19-15-35-61(69)71/h1-48H. The number of aromatic nitrogens is 1. The van der Waals surface area contributed by atoms with Crippen molar-refractivity contribution in [3.8, 4) is 16.8 Å².